The van der Waals surface area contributed by atoms with E-state index >= 15 is 0 Å². The lowest BCUT2D eigenvalue weighted by atomic mass is 10.1. The monoisotopic (exact) mass is 344 g/mol. The Labute approximate surface area is 150 Å². The molecule has 1 aromatic heterocycles. The highest BCUT2D eigenvalue weighted by Crippen LogP contribution is 2.18. The van der Waals surface area contributed by atoms with E-state index in [1.807, 2.05) is 60.8 Å². The summed E-state index contributed by atoms with van der Waals surface area (Å²) in [5.74, 6) is -1.31. The molecule has 4 aromatic rings. The third kappa shape index (κ3) is 4.02. The standard InChI is InChI=1S/C14H10N2.C7H6O3/c1-2-6-11(7-3-1)14-10-15-12-8-4-5-9-13(12)16-14;8-6-4-2-1-3-5(6)7(9)10/h1-10H;1-4,8H,(H,9,10). The summed E-state index contributed by atoms with van der Waals surface area (Å²) in [6.45, 7) is 0. The van der Waals surface area contributed by atoms with Crippen molar-refractivity contribution in [3.05, 3.63) is 90.6 Å². The van der Waals surface area contributed by atoms with Crippen LogP contribution in [0.1, 0.15) is 10.4 Å². The van der Waals surface area contributed by atoms with E-state index in [0.717, 1.165) is 22.3 Å². The van der Waals surface area contributed by atoms with E-state index in [1.165, 1.54) is 12.1 Å². The molecule has 3 aromatic carbocycles. The van der Waals surface area contributed by atoms with Gasteiger partial charge in [-0.25, -0.2) is 9.78 Å². The summed E-state index contributed by atoms with van der Waals surface area (Å²) in [4.78, 5) is 19.2. The second-order valence-electron chi connectivity index (χ2n) is 5.43. The number of carboxylic acid groups (broad SMARTS) is 1. The van der Waals surface area contributed by atoms with Crippen LogP contribution < -0.4 is 0 Å². The van der Waals surface area contributed by atoms with Crippen molar-refractivity contribution in [2.24, 2.45) is 0 Å². The molecule has 0 aliphatic rings. The summed E-state index contributed by atoms with van der Waals surface area (Å²) in [5.41, 5.74) is 3.81. The Kier molecular flexibility index (Phi) is 5.19. The topological polar surface area (TPSA) is 83.3 Å². The summed E-state index contributed by atoms with van der Waals surface area (Å²) >= 11 is 0. The van der Waals surface area contributed by atoms with Gasteiger partial charge >= 0.3 is 5.97 Å². The summed E-state index contributed by atoms with van der Waals surface area (Å²) < 4.78 is 0. The lowest BCUT2D eigenvalue weighted by Gasteiger charge is -2.01. The lowest BCUT2D eigenvalue weighted by molar-refractivity contribution is 0.0693. The van der Waals surface area contributed by atoms with E-state index in [9.17, 15) is 4.79 Å². The highest BCUT2D eigenvalue weighted by molar-refractivity contribution is 5.90. The minimum Gasteiger partial charge on any atom is -0.507 e. The smallest absolute Gasteiger partial charge is 0.339 e. The minimum absolute atomic E-state index is 0.0671. The zero-order valence-electron chi connectivity index (χ0n) is 13.8. The molecule has 0 saturated carbocycles. The second kappa shape index (κ2) is 7.90. The highest BCUT2D eigenvalue weighted by Gasteiger charge is 2.05. The maximum absolute atomic E-state index is 10.3. The third-order valence-corrected chi connectivity index (χ3v) is 3.65. The Bertz CT molecular complexity index is 1030. The van der Waals surface area contributed by atoms with Crippen LogP contribution in [0, 0.1) is 0 Å². The molecule has 26 heavy (non-hydrogen) atoms. The zero-order valence-corrected chi connectivity index (χ0v) is 13.8. The van der Waals surface area contributed by atoms with E-state index in [-0.39, 0.29) is 11.3 Å². The molecule has 5 heteroatoms. The van der Waals surface area contributed by atoms with Gasteiger partial charge in [-0.05, 0) is 24.3 Å². The Morgan fingerprint density at radius 2 is 1.38 bits per heavy atom. The van der Waals surface area contributed by atoms with Gasteiger partial charge in [0.25, 0.3) is 0 Å². The number of hydrogen-bond donors (Lipinski definition) is 2. The van der Waals surface area contributed by atoms with Crippen molar-refractivity contribution in [3.8, 4) is 17.0 Å². The maximum atomic E-state index is 10.3. The van der Waals surface area contributed by atoms with Gasteiger partial charge in [0.1, 0.15) is 11.3 Å². The Hall–Kier alpha value is -3.73. The van der Waals surface area contributed by atoms with E-state index in [4.69, 9.17) is 10.2 Å². The summed E-state index contributed by atoms with van der Waals surface area (Å²) in [6.07, 6.45) is 1.82. The molecule has 5 nitrogen and oxygen atoms in total. The van der Waals surface area contributed by atoms with Crippen molar-refractivity contribution in [1.82, 2.24) is 9.97 Å². The first-order chi connectivity index (χ1) is 12.6. The number of hydrogen-bond acceptors (Lipinski definition) is 4. The van der Waals surface area contributed by atoms with Gasteiger partial charge in [-0.3, -0.25) is 4.98 Å². The molecule has 4 rings (SSSR count). The normalized spacial score (nSPS) is 10.0. The lowest BCUT2D eigenvalue weighted by Crippen LogP contribution is -1.95. The van der Waals surface area contributed by atoms with Gasteiger partial charge in [0.05, 0.1) is 22.9 Å². The number of carbonyl (C=O) groups is 1. The van der Waals surface area contributed by atoms with Crippen molar-refractivity contribution in [1.29, 1.82) is 0 Å². The molecular weight excluding hydrogens is 328 g/mol. The van der Waals surface area contributed by atoms with Crippen LogP contribution in [0.3, 0.4) is 0 Å². The molecule has 0 bridgehead atoms. The number of para-hydroxylation sites is 3. The number of phenols is 1. The molecule has 0 spiro atoms. The number of aromatic carboxylic acids is 1. The molecule has 0 aliphatic heterocycles. The summed E-state index contributed by atoms with van der Waals surface area (Å²) in [5, 5.41) is 17.3. The third-order valence-electron chi connectivity index (χ3n) is 3.65. The molecule has 0 unspecified atom stereocenters. The van der Waals surface area contributed by atoms with E-state index in [2.05, 4.69) is 9.97 Å². The first kappa shape index (κ1) is 17.1. The van der Waals surface area contributed by atoms with E-state index in [1.54, 1.807) is 12.1 Å². The molecule has 2 N–H and O–H groups in total. The van der Waals surface area contributed by atoms with Crippen LogP contribution in [0.15, 0.2) is 85.1 Å². The Morgan fingerprint density at radius 3 is 2.04 bits per heavy atom. The van der Waals surface area contributed by atoms with Gasteiger partial charge in [0.15, 0.2) is 0 Å². The maximum Gasteiger partial charge on any atom is 0.339 e. The van der Waals surface area contributed by atoms with Gasteiger partial charge in [0.2, 0.25) is 0 Å². The largest absolute Gasteiger partial charge is 0.507 e. The fourth-order valence-corrected chi connectivity index (χ4v) is 2.36. The fraction of sp³-hybridized carbons (Fsp3) is 0. The second-order valence-corrected chi connectivity index (χ2v) is 5.43. The van der Waals surface area contributed by atoms with Crippen molar-refractivity contribution in [2.75, 3.05) is 0 Å². The number of nitrogens with zero attached hydrogens (tertiary/aromatic N) is 2. The van der Waals surface area contributed by atoms with Crippen LogP contribution in [0.4, 0.5) is 0 Å². The van der Waals surface area contributed by atoms with Crippen LogP contribution in [0.2, 0.25) is 0 Å². The predicted octanol–water partition coefficient (Wildman–Crippen LogP) is 4.39. The van der Waals surface area contributed by atoms with Crippen molar-refractivity contribution in [3.63, 3.8) is 0 Å². The van der Waals surface area contributed by atoms with Crippen molar-refractivity contribution < 1.29 is 15.0 Å². The number of aromatic nitrogens is 2. The number of benzene rings is 3. The van der Waals surface area contributed by atoms with Crippen LogP contribution in [-0.4, -0.2) is 26.2 Å². The Morgan fingerprint density at radius 1 is 0.769 bits per heavy atom. The van der Waals surface area contributed by atoms with E-state index in [0.29, 0.717) is 0 Å². The van der Waals surface area contributed by atoms with Crippen LogP contribution in [-0.2, 0) is 0 Å². The molecule has 128 valence electrons. The molecule has 0 saturated heterocycles. The average Bonchev–Trinajstić information content (AvgIpc) is 2.69. The van der Waals surface area contributed by atoms with Crippen LogP contribution in [0.5, 0.6) is 5.75 Å². The van der Waals surface area contributed by atoms with Gasteiger partial charge in [-0.1, -0.05) is 54.6 Å². The highest BCUT2D eigenvalue weighted by atomic mass is 16.4. The van der Waals surface area contributed by atoms with Crippen LogP contribution in [0.25, 0.3) is 22.3 Å². The predicted molar refractivity (Wildman–Crippen MR) is 100 cm³/mol. The van der Waals surface area contributed by atoms with Gasteiger partial charge in [-0.15, -0.1) is 0 Å². The van der Waals surface area contributed by atoms with Crippen molar-refractivity contribution >= 4 is 17.0 Å². The van der Waals surface area contributed by atoms with Gasteiger partial charge in [-0.2, -0.15) is 0 Å². The number of rotatable bonds is 2. The molecule has 0 atom stereocenters. The minimum atomic E-state index is -1.11. The molecule has 0 radical (unpaired) electrons. The van der Waals surface area contributed by atoms with Gasteiger partial charge in [0, 0.05) is 5.56 Å². The first-order valence-electron chi connectivity index (χ1n) is 7.93. The van der Waals surface area contributed by atoms with Gasteiger partial charge < -0.3 is 10.2 Å². The molecule has 0 amide bonds. The Balaban J connectivity index is 0.000000170. The van der Waals surface area contributed by atoms with Crippen LogP contribution >= 0.6 is 0 Å². The SMILES string of the molecule is O=C(O)c1ccccc1O.c1ccc(-c2cnc3ccccc3n2)cc1. The quantitative estimate of drug-likeness (QED) is 0.563. The van der Waals surface area contributed by atoms with E-state index < -0.39 is 5.97 Å². The average molecular weight is 344 g/mol. The summed E-state index contributed by atoms with van der Waals surface area (Å²) in [7, 11) is 0. The molecular formula is C21H16N2O3. The summed E-state index contributed by atoms with van der Waals surface area (Å²) in [6, 6.07) is 23.8. The number of aromatic hydroxyl groups is 1. The zero-order chi connectivity index (χ0) is 18.4. The molecule has 1 heterocycles. The molecule has 0 fully saturated rings. The fourth-order valence-electron chi connectivity index (χ4n) is 2.36. The number of carboxylic acids is 1. The van der Waals surface area contributed by atoms with Crippen molar-refractivity contribution in [2.45, 2.75) is 0 Å². The first-order valence-corrected chi connectivity index (χ1v) is 7.93. The molecule has 0 aliphatic carbocycles. The number of fused-ring (bicyclic) bond motifs is 1.